The maximum absolute atomic E-state index is 10.7. The van der Waals surface area contributed by atoms with Crippen LogP contribution in [-0.2, 0) is 9.53 Å². The molecule has 0 rings (SSSR count). The third kappa shape index (κ3) is 5.09. The summed E-state index contributed by atoms with van der Waals surface area (Å²) in [6.07, 6.45) is 2.72. The van der Waals surface area contributed by atoms with Crippen LogP contribution in [0.2, 0.25) is 0 Å². The van der Waals surface area contributed by atoms with Crippen molar-refractivity contribution in [1.82, 2.24) is 0 Å². The smallest absolute Gasteiger partial charge is 0.311 e. The minimum Gasteiger partial charge on any atom is -0.432 e. The van der Waals surface area contributed by atoms with Gasteiger partial charge in [-0.25, -0.2) is 0 Å². The van der Waals surface area contributed by atoms with E-state index in [2.05, 4.69) is 17.9 Å². The lowest BCUT2D eigenvalue weighted by Crippen LogP contribution is -2.00. The normalized spacial score (nSPS) is 8.50. The zero-order chi connectivity index (χ0) is 7.98. The van der Waals surface area contributed by atoms with Crippen molar-refractivity contribution >= 4 is 5.97 Å². The average Bonchev–Trinajstić information content (AvgIpc) is 1.82. The quantitative estimate of drug-likeness (QED) is 0.339. The minimum atomic E-state index is -0.243. The standard InChI is InChI=1S/C8H12O2/c1-4-5-6-8(9)10-7(2)3/h4H,1-2,5-6H2,3H3. The number of hydrogen-bond donors (Lipinski definition) is 0. The molecule has 0 saturated carbocycles. The third-order valence-electron chi connectivity index (χ3n) is 0.841. The Kier molecular flexibility index (Phi) is 4.29. The molecular formula is C8H12O2. The van der Waals surface area contributed by atoms with Crippen LogP contribution in [0.5, 0.6) is 0 Å². The zero-order valence-electron chi connectivity index (χ0n) is 6.22. The molecule has 2 heteroatoms. The fraction of sp³-hybridized carbons (Fsp3) is 0.375. The molecule has 0 spiro atoms. The molecule has 0 aliphatic carbocycles. The van der Waals surface area contributed by atoms with Crippen LogP contribution in [0.1, 0.15) is 19.8 Å². The van der Waals surface area contributed by atoms with Crippen LogP contribution in [0.3, 0.4) is 0 Å². The molecule has 0 radical (unpaired) electrons. The summed E-state index contributed by atoms with van der Waals surface area (Å²) in [4.78, 5) is 10.7. The summed E-state index contributed by atoms with van der Waals surface area (Å²) in [6, 6.07) is 0. The number of hydrogen-bond acceptors (Lipinski definition) is 2. The van der Waals surface area contributed by atoms with Gasteiger partial charge in [-0.05, 0) is 13.3 Å². The van der Waals surface area contributed by atoms with E-state index in [4.69, 9.17) is 0 Å². The molecule has 0 N–H and O–H groups in total. The predicted octanol–water partition coefficient (Wildman–Crippen LogP) is 2.03. The maximum atomic E-state index is 10.7. The molecule has 0 aromatic carbocycles. The van der Waals surface area contributed by atoms with Crippen molar-refractivity contribution in [2.45, 2.75) is 19.8 Å². The van der Waals surface area contributed by atoms with Gasteiger partial charge in [-0.3, -0.25) is 4.79 Å². The number of ether oxygens (including phenoxy) is 1. The van der Waals surface area contributed by atoms with Crippen LogP contribution >= 0.6 is 0 Å². The van der Waals surface area contributed by atoms with Crippen molar-refractivity contribution in [1.29, 1.82) is 0 Å². The highest BCUT2D eigenvalue weighted by molar-refractivity contribution is 5.70. The van der Waals surface area contributed by atoms with Crippen LogP contribution in [-0.4, -0.2) is 5.97 Å². The van der Waals surface area contributed by atoms with Gasteiger partial charge in [-0.1, -0.05) is 12.7 Å². The first-order chi connectivity index (χ1) is 4.66. The molecule has 0 amide bonds. The largest absolute Gasteiger partial charge is 0.432 e. The van der Waals surface area contributed by atoms with Gasteiger partial charge in [0.15, 0.2) is 0 Å². The summed E-state index contributed by atoms with van der Waals surface area (Å²) < 4.78 is 4.67. The van der Waals surface area contributed by atoms with Crippen molar-refractivity contribution in [3.63, 3.8) is 0 Å². The molecule has 0 unspecified atom stereocenters. The highest BCUT2D eigenvalue weighted by atomic mass is 16.5. The fourth-order valence-electron chi connectivity index (χ4n) is 0.465. The van der Waals surface area contributed by atoms with E-state index in [1.807, 2.05) is 0 Å². The molecule has 0 aliphatic heterocycles. The molecule has 0 aromatic rings. The van der Waals surface area contributed by atoms with Gasteiger partial charge in [-0.15, -0.1) is 6.58 Å². The number of rotatable bonds is 4. The van der Waals surface area contributed by atoms with Crippen molar-refractivity contribution in [3.8, 4) is 0 Å². The van der Waals surface area contributed by atoms with Crippen molar-refractivity contribution in [2.24, 2.45) is 0 Å². The van der Waals surface area contributed by atoms with Crippen molar-refractivity contribution in [2.75, 3.05) is 0 Å². The summed E-state index contributed by atoms with van der Waals surface area (Å²) in [5.74, 6) is 0.196. The lowest BCUT2D eigenvalue weighted by atomic mass is 10.3. The molecule has 0 saturated heterocycles. The van der Waals surface area contributed by atoms with Crippen LogP contribution in [0.25, 0.3) is 0 Å². The Morgan fingerprint density at radius 1 is 1.70 bits per heavy atom. The third-order valence-corrected chi connectivity index (χ3v) is 0.841. The van der Waals surface area contributed by atoms with Crippen LogP contribution in [0, 0.1) is 0 Å². The van der Waals surface area contributed by atoms with Gasteiger partial charge in [0, 0.05) is 6.42 Å². The molecule has 0 heterocycles. The first kappa shape index (κ1) is 8.95. The van der Waals surface area contributed by atoms with E-state index >= 15 is 0 Å². The van der Waals surface area contributed by atoms with Gasteiger partial charge in [0.1, 0.15) is 0 Å². The highest BCUT2D eigenvalue weighted by Crippen LogP contribution is 1.97. The fourth-order valence-corrected chi connectivity index (χ4v) is 0.465. The Bertz CT molecular complexity index is 147. The number of carbonyl (C=O) groups is 1. The van der Waals surface area contributed by atoms with Gasteiger partial charge < -0.3 is 4.74 Å². The molecule has 0 atom stereocenters. The Balaban J connectivity index is 3.43. The molecular weight excluding hydrogens is 128 g/mol. The van der Waals surface area contributed by atoms with E-state index in [0.717, 1.165) is 0 Å². The average molecular weight is 140 g/mol. The summed E-state index contributed by atoms with van der Waals surface area (Å²) >= 11 is 0. The molecule has 0 fully saturated rings. The first-order valence-electron chi connectivity index (χ1n) is 3.14. The van der Waals surface area contributed by atoms with Crippen molar-refractivity contribution < 1.29 is 9.53 Å². The van der Waals surface area contributed by atoms with Gasteiger partial charge in [0.25, 0.3) is 0 Å². The maximum Gasteiger partial charge on any atom is 0.311 e. The minimum absolute atomic E-state index is 0.243. The molecule has 10 heavy (non-hydrogen) atoms. The van der Waals surface area contributed by atoms with E-state index < -0.39 is 0 Å². The van der Waals surface area contributed by atoms with Gasteiger partial charge in [-0.2, -0.15) is 0 Å². The molecule has 0 aromatic heterocycles. The Morgan fingerprint density at radius 2 is 2.30 bits per heavy atom. The monoisotopic (exact) mass is 140 g/mol. The Morgan fingerprint density at radius 3 is 2.70 bits per heavy atom. The molecule has 56 valence electrons. The van der Waals surface area contributed by atoms with E-state index in [1.165, 1.54) is 0 Å². The van der Waals surface area contributed by atoms with Gasteiger partial charge in [0.05, 0.1) is 5.76 Å². The Labute approximate surface area is 61.2 Å². The Hall–Kier alpha value is -1.05. The van der Waals surface area contributed by atoms with E-state index in [1.54, 1.807) is 13.0 Å². The highest BCUT2D eigenvalue weighted by Gasteiger charge is 1.99. The second kappa shape index (κ2) is 4.79. The van der Waals surface area contributed by atoms with Gasteiger partial charge in [0.2, 0.25) is 0 Å². The summed E-state index contributed by atoms with van der Waals surface area (Å²) in [5.41, 5.74) is 0. The van der Waals surface area contributed by atoms with Crippen LogP contribution in [0.15, 0.2) is 25.0 Å². The summed E-state index contributed by atoms with van der Waals surface area (Å²) in [5, 5.41) is 0. The van der Waals surface area contributed by atoms with Crippen molar-refractivity contribution in [3.05, 3.63) is 25.0 Å². The SMILES string of the molecule is C=CCCC(=O)OC(=C)C. The second-order valence-electron chi connectivity index (χ2n) is 2.00. The summed E-state index contributed by atoms with van der Waals surface area (Å²) in [7, 11) is 0. The second-order valence-corrected chi connectivity index (χ2v) is 2.00. The van der Waals surface area contributed by atoms with Crippen LogP contribution < -0.4 is 0 Å². The number of allylic oxidation sites excluding steroid dienone is 2. The molecule has 2 nitrogen and oxygen atoms in total. The number of carbonyl (C=O) groups excluding carboxylic acids is 1. The van der Waals surface area contributed by atoms with Crippen LogP contribution in [0.4, 0.5) is 0 Å². The predicted molar refractivity (Wildman–Crippen MR) is 40.3 cm³/mol. The zero-order valence-corrected chi connectivity index (χ0v) is 6.22. The lowest BCUT2D eigenvalue weighted by molar-refractivity contribution is -0.139. The van der Waals surface area contributed by atoms with E-state index in [-0.39, 0.29) is 5.97 Å². The first-order valence-corrected chi connectivity index (χ1v) is 3.14. The molecule has 0 aliphatic rings. The topological polar surface area (TPSA) is 26.3 Å². The lowest BCUT2D eigenvalue weighted by Gasteiger charge is -1.99. The molecule has 0 bridgehead atoms. The van der Waals surface area contributed by atoms with E-state index in [9.17, 15) is 4.79 Å². The van der Waals surface area contributed by atoms with Gasteiger partial charge >= 0.3 is 5.97 Å². The summed E-state index contributed by atoms with van der Waals surface area (Å²) in [6.45, 7) is 8.56. The van der Waals surface area contributed by atoms with E-state index in [0.29, 0.717) is 18.6 Å². The number of esters is 1.